The standard InChI is InChI=1S/C19H25N2O4.BrH/c1-3-4-8-13-24-18(22)17(21-12-11-20(2)15-21)19(23)25-14-16-9-6-5-7-10-16;/h5-7,9-12,15,17H,3-4,8,13-14H2,1-2H3;1H/q+1;/p-1/t17-;/m1./s1. The number of imidazole rings is 1. The Morgan fingerprint density at radius 1 is 1.12 bits per heavy atom. The minimum atomic E-state index is -1.13. The number of nitrogens with zero attached hydrogens (tertiary/aromatic N) is 2. The first-order chi connectivity index (χ1) is 12.1. The van der Waals surface area contributed by atoms with Crippen LogP contribution in [0.2, 0.25) is 0 Å². The molecule has 0 fully saturated rings. The second kappa shape index (κ2) is 11.5. The van der Waals surface area contributed by atoms with E-state index in [9.17, 15) is 9.59 Å². The van der Waals surface area contributed by atoms with Gasteiger partial charge in [-0.15, -0.1) is 0 Å². The van der Waals surface area contributed by atoms with E-state index in [4.69, 9.17) is 9.47 Å². The molecule has 0 radical (unpaired) electrons. The Labute approximate surface area is 164 Å². The molecule has 0 bridgehead atoms. The van der Waals surface area contributed by atoms with Crippen LogP contribution in [0, 0.1) is 0 Å². The quantitative estimate of drug-likeness (QED) is 0.232. The smallest absolute Gasteiger partial charge is 0.364 e. The summed E-state index contributed by atoms with van der Waals surface area (Å²) in [4.78, 5) is 24.9. The first-order valence-electron chi connectivity index (χ1n) is 8.51. The molecule has 7 heteroatoms. The molecule has 0 N–H and O–H groups in total. The van der Waals surface area contributed by atoms with Gasteiger partial charge in [-0.2, -0.15) is 0 Å². The maximum atomic E-state index is 12.5. The van der Waals surface area contributed by atoms with Crippen molar-refractivity contribution in [1.29, 1.82) is 0 Å². The Hall–Kier alpha value is -2.15. The van der Waals surface area contributed by atoms with Gasteiger partial charge < -0.3 is 26.5 Å². The van der Waals surface area contributed by atoms with E-state index < -0.39 is 18.0 Å². The molecule has 6 nitrogen and oxygen atoms in total. The summed E-state index contributed by atoms with van der Waals surface area (Å²) in [5.41, 5.74) is 0.865. The number of esters is 2. The highest BCUT2D eigenvalue weighted by Gasteiger charge is 2.36. The molecule has 2 rings (SSSR count). The minimum absolute atomic E-state index is 0. The van der Waals surface area contributed by atoms with Gasteiger partial charge in [0.2, 0.25) is 6.33 Å². The number of benzene rings is 1. The van der Waals surface area contributed by atoms with Gasteiger partial charge in [-0.05, 0) is 12.0 Å². The van der Waals surface area contributed by atoms with Crippen LogP contribution in [-0.2, 0) is 32.7 Å². The van der Waals surface area contributed by atoms with Crippen molar-refractivity contribution in [3.8, 4) is 0 Å². The van der Waals surface area contributed by atoms with Crippen molar-refractivity contribution in [2.45, 2.75) is 38.8 Å². The molecule has 0 saturated carbocycles. The molecule has 0 unspecified atom stereocenters. The van der Waals surface area contributed by atoms with E-state index in [1.807, 2.05) is 37.4 Å². The summed E-state index contributed by atoms with van der Waals surface area (Å²) >= 11 is 0. The number of unbranched alkanes of at least 4 members (excludes halogenated alkanes) is 2. The van der Waals surface area contributed by atoms with Crippen molar-refractivity contribution in [2.75, 3.05) is 6.61 Å². The van der Waals surface area contributed by atoms with Crippen LogP contribution in [0.25, 0.3) is 0 Å². The summed E-state index contributed by atoms with van der Waals surface area (Å²) in [7, 11) is 1.81. The number of hydrogen-bond donors (Lipinski definition) is 0. The van der Waals surface area contributed by atoms with Crippen LogP contribution in [0.15, 0.2) is 49.1 Å². The van der Waals surface area contributed by atoms with Gasteiger partial charge in [0.15, 0.2) is 0 Å². The van der Waals surface area contributed by atoms with Crippen LogP contribution in [0.3, 0.4) is 0 Å². The van der Waals surface area contributed by atoms with Gasteiger partial charge >= 0.3 is 11.9 Å². The molecule has 0 saturated heterocycles. The third kappa shape index (κ3) is 6.63. The third-order valence-electron chi connectivity index (χ3n) is 3.75. The summed E-state index contributed by atoms with van der Waals surface area (Å²) in [6, 6.07) is 8.22. The van der Waals surface area contributed by atoms with E-state index in [0.29, 0.717) is 6.61 Å². The minimum Gasteiger partial charge on any atom is -1.00 e. The Balaban J connectivity index is 0.00000338. The average Bonchev–Trinajstić information content (AvgIpc) is 3.04. The normalized spacial score (nSPS) is 11.3. The average molecular weight is 425 g/mol. The van der Waals surface area contributed by atoms with Crippen molar-refractivity contribution in [1.82, 2.24) is 4.57 Å². The van der Waals surface area contributed by atoms with Gasteiger partial charge in [0, 0.05) is 0 Å². The third-order valence-corrected chi connectivity index (χ3v) is 3.75. The Morgan fingerprint density at radius 2 is 1.81 bits per heavy atom. The maximum absolute atomic E-state index is 12.5. The Bertz CT molecular complexity index is 688. The van der Waals surface area contributed by atoms with Crippen LogP contribution in [0.5, 0.6) is 0 Å². The number of hydrogen-bond acceptors (Lipinski definition) is 4. The molecular formula is C19H25BrN2O4. The molecule has 0 aliphatic heterocycles. The zero-order chi connectivity index (χ0) is 18.1. The van der Waals surface area contributed by atoms with Crippen LogP contribution in [0.1, 0.15) is 37.8 Å². The summed E-state index contributed by atoms with van der Waals surface area (Å²) in [6.07, 6.45) is 7.86. The number of carbonyl (C=O) groups is 2. The summed E-state index contributed by atoms with van der Waals surface area (Å²) in [5, 5.41) is 0. The van der Waals surface area contributed by atoms with Crippen LogP contribution in [0.4, 0.5) is 0 Å². The lowest BCUT2D eigenvalue weighted by atomic mass is 10.2. The topological polar surface area (TPSA) is 61.4 Å². The zero-order valence-electron chi connectivity index (χ0n) is 15.1. The van der Waals surface area contributed by atoms with Crippen molar-refractivity contribution in [3.63, 3.8) is 0 Å². The summed E-state index contributed by atoms with van der Waals surface area (Å²) < 4.78 is 13.9. The summed E-state index contributed by atoms with van der Waals surface area (Å²) in [6.45, 7) is 2.50. The number of aryl methyl sites for hydroxylation is 1. The van der Waals surface area contributed by atoms with E-state index in [0.717, 1.165) is 24.8 Å². The second-order valence-corrected chi connectivity index (χ2v) is 5.90. The van der Waals surface area contributed by atoms with Gasteiger partial charge in [-0.1, -0.05) is 50.1 Å². The highest BCUT2D eigenvalue weighted by Crippen LogP contribution is 2.13. The molecule has 142 valence electrons. The van der Waals surface area contributed by atoms with E-state index in [1.54, 1.807) is 23.3 Å². The SMILES string of the molecule is CCCCCOC(=O)[C@H](C(=O)OCc1ccccc1)n1cc[n+](C)c1.[Br-]. The predicted octanol–water partition coefficient (Wildman–Crippen LogP) is -0.665. The first kappa shape index (κ1) is 21.9. The first-order valence-corrected chi connectivity index (χ1v) is 8.51. The van der Waals surface area contributed by atoms with Gasteiger partial charge in [0.1, 0.15) is 19.0 Å². The largest absolute Gasteiger partial charge is 1.00 e. The van der Waals surface area contributed by atoms with Gasteiger partial charge in [-0.3, -0.25) is 0 Å². The highest BCUT2D eigenvalue weighted by molar-refractivity contribution is 5.97. The fraction of sp³-hybridized carbons (Fsp3) is 0.421. The van der Waals surface area contributed by atoms with Gasteiger partial charge in [0.05, 0.1) is 13.7 Å². The molecule has 0 amide bonds. The number of carbonyl (C=O) groups excluding carboxylic acids is 2. The van der Waals surface area contributed by atoms with Crippen LogP contribution >= 0.6 is 0 Å². The molecule has 26 heavy (non-hydrogen) atoms. The molecule has 1 heterocycles. The second-order valence-electron chi connectivity index (χ2n) is 5.90. The fourth-order valence-electron chi connectivity index (χ4n) is 2.37. The summed E-state index contributed by atoms with van der Waals surface area (Å²) in [5.74, 6) is -1.22. The molecule has 0 aliphatic rings. The van der Waals surface area contributed by atoms with Crippen LogP contribution in [-0.4, -0.2) is 23.1 Å². The van der Waals surface area contributed by atoms with E-state index >= 15 is 0 Å². The van der Waals surface area contributed by atoms with Crippen LogP contribution < -0.4 is 21.5 Å². The number of ether oxygens (including phenoxy) is 2. The van der Waals surface area contributed by atoms with Gasteiger partial charge in [-0.25, -0.2) is 18.7 Å². The Morgan fingerprint density at radius 3 is 2.42 bits per heavy atom. The van der Waals surface area contributed by atoms with Crippen molar-refractivity contribution in [3.05, 3.63) is 54.6 Å². The van der Waals surface area contributed by atoms with E-state index in [2.05, 4.69) is 6.92 Å². The monoisotopic (exact) mass is 424 g/mol. The maximum Gasteiger partial charge on any atom is 0.364 e. The lowest BCUT2D eigenvalue weighted by Gasteiger charge is -2.13. The molecule has 1 aromatic heterocycles. The molecule has 2 aromatic rings. The molecule has 1 aromatic carbocycles. The van der Waals surface area contributed by atoms with E-state index in [-0.39, 0.29) is 23.6 Å². The molecular weight excluding hydrogens is 400 g/mol. The zero-order valence-corrected chi connectivity index (χ0v) is 16.7. The van der Waals surface area contributed by atoms with Crippen molar-refractivity contribution in [2.24, 2.45) is 7.05 Å². The number of aromatic nitrogens is 2. The number of rotatable bonds is 9. The molecule has 1 atom stereocenters. The highest BCUT2D eigenvalue weighted by atomic mass is 79.9. The van der Waals surface area contributed by atoms with Crippen molar-refractivity contribution >= 4 is 11.9 Å². The predicted molar refractivity (Wildman–Crippen MR) is 91.4 cm³/mol. The lowest BCUT2D eigenvalue weighted by Crippen LogP contribution is -3.00. The van der Waals surface area contributed by atoms with E-state index in [1.165, 1.54) is 4.57 Å². The fourth-order valence-corrected chi connectivity index (χ4v) is 2.37. The Kier molecular flexibility index (Phi) is 9.65. The number of halogens is 1. The van der Waals surface area contributed by atoms with Gasteiger partial charge in [0.25, 0.3) is 6.04 Å². The lowest BCUT2D eigenvalue weighted by molar-refractivity contribution is -0.671. The molecule has 0 spiro atoms. The van der Waals surface area contributed by atoms with Crippen molar-refractivity contribution < 1.29 is 40.6 Å². The molecule has 0 aliphatic carbocycles.